The fourth-order valence-corrected chi connectivity index (χ4v) is 1.25. The third kappa shape index (κ3) is 5.43. The van der Waals surface area contributed by atoms with Crippen molar-refractivity contribution in [3.8, 4) is 0 Å². The van der Waals surface area contributed by atoms with Gasteiger partial charge in [-0.15, -0.1) is 0 Å². The van der Waals surface area contributed by atoms with E-state index in [4.69, 9.17) is 4.74 Å². The van der Waals surface area contributed by atoms with E-state index in [0.29, 0.717) is 13.2 Å². The molecule has 0 bridgehead atoms. The summed E-state index contributed by atoms with van der Waals surface area (Å²) >= 11 is 0. The third-order valence-electron chi connectivity index (χ3n) is 2.07. The van der Waals surface area contributed by atoms with Crippen molar-refractivity contribution in [2.24, 2.45) is 0 Å². The van der Waals surface area contributed by atoms with Crippen LogP contribution < -0.4 is 0 Å². The third-order valence-corrected chi connectivity index (χ3v) is 2.07. The van der Waals surface area contributed by atoms with Gasteiger partial charge in [0.15, 0.2) is 0 Å². The Morgan fingerprint density at radius 1 is 1.38 bits per heavy atom. The molecule has 0 aliphatic rings. The van der Waals surface area contributed by atoms with Crippen molar-refractivity contribution in [3.63, 3.8) is 0 Å². The molecule has 0 aromatic heterocycles. The first kappa shape index (κ1) is 12.6. The summed E-state index contributed by atoms with van der Waals surface area (Å²) in [7, 11) is 0. The molecule has 1 N–H and O–H groups in total. The number of benzene rings is 1. The summed E-state index contributed by atoms with van der Waals surface area (Å²) in [6.07, 6.45) is -0.640. The SMILES string of the molecule is O=[N+]([O-])C[C@@H](O)CCOCc1ccccc1. The van der Waals surface area contributed by atoms with Crippen LogP contribution in [0.2, 0.25) is 0 Å². The summed E-state index contributed by atoms with van der Waals surface area (Å²) in [4.78, 5) is 9.54. The molecule has 0 saturated carbocycles. The summed E-state index contributed by atoms with van der Waals surface area (Å²) in [5, 5.41) is 19.3. The molecule has 0 radical (unpaired) electrons. The Hall–Kier alpha value is -1.46. The first-order valence-electron chi connectivity index (χ1n) is 5.10. The van der Waals surface area contributed by atoms with E-state index in [-0.39, 0.29) is 6.42 Å². The number of hydrogen-bond acceptors (Lipinski definition) is 4. The van der Waals surface area contributed by atoms with Gasteiger partial charge in [-0.25, -0.2) is 0 Å². The van der Waals surface area contributed by atoms with E-state index < -0.39 is 17.6 Å². The summed E-state index contributed by atoms with van der Waals surface area (Å²) in [5.41, 5.74) is 1.05. The Balaban J connectivity index is 2.10. The molecule has 1 rings (SSSR count). The zero-order valence-corrected chi connectivity index (χ0v) is 8.91. The zero-order chi connectivity index (χ0) is 11.8. The van der Waals surface area contributed by atoms with Crippen molar-refractivity contribution in [1.29, 1.82) is 0 Å². The van der Waals surface area contributed by atoms with Crippen LogP contribution >= 0.6 is 0 Å². The lowest BCUT2D eigenvalue weighted by Crippen LogP contribution is -2.21. The van der Waals surface area contributed by atoms with E-state index in [1.54, 1.807) is 0 Å². The maximum Gasteiger partial charge on any atom is 0.229 e. The lowest BCUT2D eigenvalue weighted by molar-refractivity contribution is -0.490. The zero-order valence-electron chi connectivity index (χ0n) is 8.91. The number of aliphatic hydroxyl groups excluding tert-OH is 1. The minimum atomic E-state index is -0.925. The molecule has 0 amide bonds. The van der Waals surface area contributed by atoms with Gasteiger partial charge in [-0.05, 0) is 5.56 Å². The number of ether oxygens (including phenoxy) is 1. The average molecular weight is 225 g/mol. The topological polar surface area (TPSA) is 72.6 Å². The van der Waals surface area contributed by atoms with Gasteiger partial charge in [0.1, 0.15) is 6.10 Å². The highest BCUT2D eigenvalue weighted by Gasteiger charge is 2.10. The smallest absolute Gasteiger partial charge is 0.229 e. The summed E-state index contributed by atoms with van der Waals surface area (Å²) in [6, 6.07) is 9.63. The Morgan fingerprint density at radius 3 is 2.69 bits per heavy atom. The van der Waals surface area contributed by atoms with Gasteiger partial charge in [-0.3, -0.25) is 10.1 Å². The van der Waals surface area contributed by atoms with Crippen LogP contribution in [-0.2, 0) is 11.3 Å². The van der Waals surface area contributed by atoms with E-state index >= 15 is 0 Å². The Labute approximate surface area is 93.8 Å². The van der Waals surface area contributed by atoms with Crippen molar-refractivity contribution in [2.45, 2.75) is 19.1 Å². The van der Waals surface area contributed by atoms with Gasteiger partial charge in [-0.2, -0.15) is 0 Å². The van der Waals surface area contributed by atoms with Crippen molar-refractivity contribution in [3.05, 3.63) is 46.0 Å². The monoisotopic (exact) mass is 225 g/mol. The number of nitrogens with zero attached hydrogens (tertiary/aromatic N) is 1. The van der Waals surface area contributed by atoms with Crippen LogP contribution in [0.15, 0.2) is 30.3 Å². The Kier molecular flexibility index (Phi) is 5.45. The van der Waals surface area contributed by atoms with Crippen molar-refractivity contribution in [1.82, 2.24) is 0 Å². The second-order valence-corrected chi connectivity index (χ2v) is 3.50. The average Bonchev–Trinajstić information content (AvgIpc) is 2.25. The first-order valence-corrected chi connectivity index (χ1v) is 5.10. The lowest BCUT2D eigenvalue weighted by Gasteiger charge is -2.07. The molecule has 0 fully saturated rings. The highest BCUT2D eigenvalue weighted by atomic mass is 16.6. The van der Waals surface area contributed by atoms with Crippen LogP contribution in [0.25, 0.3) is 0 Å². The molecule has 1 atom stereocenters. The second-order valence-electron chi connectivity index (χ2n) is 3.50. The Bertz CT molecular complexity index is 315. The molecule has 88 valence electrons. The second kappa shape index (κ2) is 6.92. The van der Waals surface area contributed by atoms with Gasteiger partial charge < -0.3 is 9.84 Å². The first-order chi connectivity index (χ1) is 7.68. The van der Waals surface area contributed by atoms with Crippen LogP contribution in [0.4, 0.5) is 0 Å². The molecule has 1 aromatic rings. The summed E-state index contributed by atoms with van der Waals surface area (Å²) < 4.78 is 5.29. The van der Waals surface area contributed by atoms with Crippen molar-refractivity contribution >= 4 is 0 Å². The van der Waals surface area contributed by atoms with E-state index in [0.717, 1.165) is 5.56 Å². The fourth-order valence-electron chi connectivity index (χ4n) is 1.25. The van der Waals surface area contributed by atoms with E-state index in [1.165, 1.54) is 0 Å². The number of aliphatic hydroxyl groups is 1. The fraction of sp³-hybridized carbons (Fsp3) is 0.455. The summed E-state index contributed by atoms with van der Waals surface area (Å²) in [6.45, 7) is 0.366. The van der Waals surface area contributed by atoms with Gasteiger partial charge in [0, 0.05) is 18.0 Å². The van der Waals surface area contributed by atoms with Crippen molar-refractivity contribution in [2.75, 3.05) is 13.2 Å². The highest BCUT2D eigenvalue weighted by Crippen LogP contribution is 2.01. The number of nitro groups is 1. The Morgan fingerprint density at radius 2 is 2.06 bits per heavy atom. The van der Waals surface area contributed by atoms with Crippen LogP contribution in [0, 0.1) is 10.1 Å². The van der Waals surface area contributed by atoms with Gasteiger partial charge in [0.2, 0.25) is 6.54 Å². The van der Waals surface area contributed by atoms with E-state index in [2.05, 4.69) is 0 Å². The van der Waals surface area contributed by atoms with E-state index in [1.807, 2.05) is 30.3 Å². The summed E-state index contributed by atoms with van der Waals surface area (Å²) in [5.74, 6) is 0. The van der Waals surface area contributed by atoms with Gasteiger partial charge in [0.25, 0.3) is 0 Å². The molecular weight excluding hydrogens is 210 g/mol. The molecular formula is C11H15NO4. The normalized spacial score (nSPS) is 12.3. The molecule has 0 aliphatic carbocycles. The maximum atomic E-state index is 10.1. The van der Waals surface area contributed by atoms with Crippen LogP contribution in [0.5, 0.6) is 0 Å². The predicted molar refractivity (Wildman–Crippen MR) is 58.6 cm³/mol. The van der Waals surface area contributed by atoms with Gasteiger partial charge in [0.05, 0.1) is 6.61 Å². The van der Waals surface area contributed by atoms with Gasteiger partial charge in [-0.1, -0.05) is 30.3 Å². The lowest BCUT2D eigenvalue weighted by atomic mass is 10.2. The minimum absolute atomic E-state index is 0.286. The van der Waals surface area contributed by atoms with Crippen molar-refractivity contribution < 1.29 is 14.8 Å². The molecule has 1 aromatic carbocycles. The minimum Gasteiger partial charge on any atom is -0.386 e. The molecule has 0 unspecified atom stereocenters. The molecule has 16 heavy (non-hydrogen) atoms. The van der Waals surface area contributed by atoms with Crippen LogP contribution in [-0.4, -0.2) is 29.3 Å². The van der Waals surface area contributed by atoms with Crippen LogP contribution in [0.3, 0.4) is 0 Å². The predicted octanol–water partition coefficient (Wildman–Crippen LogP) is 1.23. The number of hydrogen-bond donors (Lipinski definition) is 1. The number of rotatable bonds is 7. The molecule has 0 saturated heterocycles. The molecule has 5 heteroatoms. The van der Waals surface area contributed by atoms with Crippen LogP contribution in [0.1, 0.15) is 12.0 Å². The van der Waals surface area contributed by atoms with Gasteiger partial charge >= 0.3 is 0 Å². The quantitative estimate of drug-likeness (QED) is 0.430. The molecule has 0 spiro atoms. The molecule has 0 aliphatic heterocycles. The highest BCUT2D eigenvalue weighted by molar-refractivity contribution is 5.13. The standard InChI is InChI=1S/C11H15NO4/c13-11(8-12(14)15)6-7-16-9-10-4-2-1-3-5-10/h1-5,11,13H,6-9H2/t11-/m0/s1. The molecule has 5 nitrogen and oxygen atoms in total. The van der Waals surface area contributed by atoms with E-state index in [9.17, 15) is 15.2 Å². The molecule has 0 heterocycles. The maximum absolute atomic E-state index is 10.1. The largest absolute Gasteiger partial charge is 0.386 e.